The van der Waals surface area contributed by atoms with E-state index in [9.17, 15) is 4.57 Å². The van der Waals surface area contributed by atoms with Gasteiger partial charge in [0.1, 0.15) is 0 Å². The van der Waals surface area contributed by atoms with Crippen LogP contribution in [0.15, 0.2) is 12.3 Å². The maximum Gasteiger partial charge on any atom is 0.402 e. The quantitative estimate of drug-likeness (QED) is 0.647. The minimum atomic E-state index is -1.27. The summed E-state index contributed by atoms with van der Waals surface area (Å²) < 4.78 is 11.7. The molecule has 1 aromatic rings. The van der Waals surface area contributed by atoms with E-state index in [1.165, 1.54) is 0 Å². The maximum atomic E-state index is 11.7. The van der Waals surface area contributed by atoms with Crippen LogP contribution in [0.25, 0.3) is 0 Å². The summed E-state index contributed by atoms with van der Waals surface area (Å²) in [6, 6.07) is 1.86. The molecule has 12 heavy (non-hydrogen) atoms. The summed E-state index contributed by atoms with van der Waals surface area (Å²) in [4.78, 5) is 0. The minimum Gasteiger partial charge on any atom is -0.155 e. The third-order valence-electron chi connectivity index (χ3n) is 1.98. The zero-order chi connectivity index (χ0) is 8.55. The minimum absolute atomic E-state index is 0.385. The lowest BCUT2D eigenvalue weighted by molar-refractivity contribution is 0.591. The fourth-order valence-corrected chi connectivity index (χ4v) is 2.61. The van der Waals surface area contributed by atoms with Gasteiger partial charge in [0.25, 0.3) is 0 Å². The van der Waals surface area contributed by atoms with Crippen LogP contribution in [-0.2, 0) is 4.57 Å². The number of hydrogen-bond donors (Lipinski definition) is 0. The number of hydrogen-bond acceptors (Lipinski definition) is 3. The summed E-state index contributed by atoms with van der Waals surface area (Å²) in [6.07, 6.45) is 3.81. The van der Waals surface area contributed by atoms with Crippen molar-refractivity contribution < 1.29 is 4.57 Å². The van der Waals surface area contributed by atoms with Gasteiger partial charge in [-0.3, -0.25) is 0 Å². The van der Waals surface area contributed by atoms with Crippen LogP contribution in [0.1, 0.15) is 18.4 Å². The summed E-state index contributed by atoms with van der Waals surface area (Å²) >= 11 is 0. The molecule has 1 saturated carbocycles. The van der Waals surface area contributed by atoms with Crippen LogP contribution >= 0.6 is 7.80 Å². The summed E-state index contributed by atoms with van der Waals surface area (Å²) in [5, 5.41) is 7.65. The van der Waals surface area contributed by atoms with Crippen LogP contribution in [0.4, 0.5) is 0 Å². The number of rotatable bonds is 2. The van der Waals surface area contributed by atoms with Gasteiger partial charge in [-0.15, -0.1) is 5.10 Å². The van der Waals surface area contributed by atoms with Gasteiger partial charge in [0.15, 0.2) is 5.66 Å². The van der Waals surface area contributed by atoms with Gasteiger partial charge in [0, 0.05) is 5.56 Å². The smallest absolute Gasteiger partial charge is 0.155 e. The third-order valence-corrected chi connectivity index (χ3v) is 4.02. The monoisotopic (exact) mass is 181 g/mol. The van der Waals surface area contributed by atoms with Gasteiger partial charge in [-0.05, 0) is 25.8 Å². The van der Waals surface area contributed by atoms with Gasteiger partial charge < -0.3 is 0 Å². The first-order valence-electron chi connectivity index (χ1n) is 4.03. The van der Waals surface area contributed by atoms with Crippen molar-refractivity contribution in [2.24, 2.45) is 0 Å². The normalized spacial score (nSPS) is 17.6. The van der Waals surface area contributed by atoms with Crippen LogP contribution in [0, 0.1) is 6.92 Å². The zero-order valence-corrected chi connectivity index (χ0v) is 7.79. The highest BCUT2D eigenvalue weighted by atomic mass is 31.1. The zero-order valence-electron chi connectivity index (χ0n) is 6.90. The van der Waals surface area contributed by atoms with E-state index in [1.54, 1.807) is 6.20 Å². The Kier molecular flexibility index (Phi) is 1.89. The lowest BCUT2D eigenvalue weighted by Crippen LogP contribution is -2.10. The molecule has 0 aliphatic heterocycles. The second-order valence-electron chi connectivity index (χ2n) is 3.09. The molecule has 0 aromatic carbocycles. The molecule has 3 nitrogen and oxygen atoms in total. The van der Waals surface area contributed by atoms with E-state index in [-0.39, 0.29) is 0 Å². The van der Waals surface area contributed by atoms with E-state index in [1.807, 2.05) is 13.0 Å². The summed E-state index contributed by atoms with van der Waals surface area (Å²) in [7, 11) is -1.27. The Morgan fingerprint density at radius 3 is 2.92 bits per heavy atom. The van der Waals surface area contributed by atoms with Crippen molar-refractivity contribution in [2.75, 3.05) is 0 Å². The van der Waals surface area contributed by atoms with Gasteiger partial charge in [0.05, 0.1) is 6.20 Å². The SMILES string of the molecule is Cc1ccnnc1[P+](=O)C1CC1. The van der Waals surface area contributed by atoms with Crippen LogP contribution in [0.2, 0.25) is 0 Å². The van der Waals surface area contributed by atoms with E-state index in [0.29, 0.717) is 11.1 Å². The van der Waals surface area contributed by atoms with Crippen molar-refractivity contribution in [1.29, 1.82) is 0 Å². The average Bonchev–Trinajstić information content (AvgIpc) is 2.86. The van der Waals surface area contributed by atoms with Crippen LogP contribution in [0.5, 0.6) is 0 Å². The molecule has 2 rings (SSSR count). The van der Waals surface area contributed by atoms with E-state index < -0.39 is 7.80 Å². The summed E-state index contributed by atoms with van der Waals surface area (Å²) in [5.41, 5.74) is 2.09. The molecular weight excluding hydrogens is 171 g/mol. The fourth-order valence-electron chi connectivity index (χ4n) is 1.09. The van der Waals surface area contributed by atoms with Crippen LogP contribution in [0.3, 0.4) is 0 Å². The van der Waals surface area contributed by atoms with Crippen molar-refractivity contribution in [3.63, 3.8) is 0 Å². The molecule has 4 heteroatoms. The van der Waals surface area contributed by atoms with Gasteiger partial charge in [0.2, 0.25) is 0 Å². The van der Waals surface area contributed by atoms with E-state index >= 15 is 0 Å². The molecular formula is C8H10N2OP+. The Hall–Kier alpha value is -0.820. The predicted molar refractivity (Wildman–Crippen MR) is 47.0 cm³/mol. The largest absolute Gasteiger partial charge is 0.402 e. The molecule has 0 radical (unpaired) electrons. The molecule has 1 aliphatic carbocycles. The molecule has 1 fully saturated rings. The first-order valence-corrected chi connectivity index (χ1v) is 5.36. The van der Waals surface area contributed by atoms with Crippen molar-refractivity contribution in [3.8, 4) is 0 Å². The van der Waals surface area contributed by atoms with Crippen molar-refractivity contribution in [2.45, 2.75) is 25.4 Å². The number of aryl methyl sites for hydroxylation is 1. The van der Waals surface area contributed by atoms with E-state index in [0.717, 1.165) is 18.4 Å². The number of aromatic nitrogens is 2. The Balaban J connectivity index is 2.32. The molecule has 62 valence electrons. The maximum absolute atomic E-state index is 11.7. The highest BCUT2D eigenvalue weighted by molar-refractivity contribution is 7.54. The Morgan fingerprint density at radius 2 is 2.33 bits per heavy atom. The van der Waals surface area contributed by atoms with Crippen LogP contribution < -0.4 is 5.44 Å². The molecule has 0 bridgehead atoms. The highest BCUT2D eigenvalue weighted by Crippen LogP contribution is 2.43. The molecule has 1 aliphatic rings. The molecule has 0 spiro atoms. The fraction of sp³-hybridized carbons (Fsp3) is 0.500. The van der Waals surface area contributed by atoms with Gasteiger partial charge >= 0.3 is 13.2 Å². The predicted octanol–water partition coefficient (Wildman–Crippen LogP) is 1.40. The van der Waals surface area contributed by atoms with Crippen LogP contribution in [-0.4, -0.2) is 15.9 Å². The first kappa shape index (κ1) is 7.81. The van der Waals surface area contributed by atoms with Gasteiger partial charge in [-0.1, -0.05) is 4.57 Å². The standard InChI is InChI=1S/C8H10N2OP/c1-6-4-5-9-10-8(6)12(11)7-2-3-7/h4-5,7H,2-3H2,1H3/q+1. The Bertz CT molecular complexity index is 323. The average molecular weight is 181 g/mol. The summed E-state index contributed by atoms with van der Waals surface area (Å²) in [6.45, 7) is 1.93. The van der Waals surface area contributed by atoms with E-state index in [4.69, 9.17) is 0 Å². The third kappa shape index (κ3) is 1.37. The topological polar surface area (TPSA) is 42.9 Å². The second-order valence-corrected chi connectivity index (χ2v) is 4.90. The molecule has 1 aromatic heterocycles. The molecule has 1 unspecified atom stereocenters. The van der Waals surface area contributed by atoms with Crippen molar-refractivity contribution in [3.05, 3.63) is 17.8 Å². The molecule has 1 atom stereocenters. The second kappa shape index (κ2) is 2.91. The lowest BCUT2D eigenvalue weighted by atomic mass is 10.4. The van der Waals surface area contributed by atoms with Crippen molar-refractivity contribution in [1.82, 2.24) is 10.2 Å². The highest BCUT2D eigenvalue weighted by Gasteiger charge is 2.44. The molecule has 0 saturated heterocycles. The first-order chi connectivity index (χ1) is 5.79. The molecule has 1 heterocycles. The Labute approximate surface area is 72.0 Å². The summed E-state index contributed by atoms with van der Waals surface area (Å²) in [5.74, 6) is 0. The number of nitrogens with zero attached hydrogens (tertiary/aromatic N) is 2. The lowest BCUT2D eigenvalue weighted by Gasteiger charge is -1.89. The van der Waals surface area contributed by atoms with E-state index in [2.05, 4.69) is 10.2 Å². The van der Waals surface area contributed by atoms with Crippen molar-refractivity contribution >= 4 is 13.2 Å². The van der Waals surface area contributed by atoms with Gasteiger partial charge in [-0.2, -0.15) is 5.10 Å². The molecule has 0 N–H and O–H groups in total. The molecule has 0 amide bonds. The Morgan fingerprint density at radius 1 is 1.58 bits per heavy atom. The van der Waals surface area contributed by atoms with Gasteiger partial charge in [-0.25, -0.2) is 0 Å².